The Kier molecular flexibility index (Phi) is 5.14. The predicted octanol–water partition coefficient (Wildman–Crippen LogP) is 4.53. The number of rotatable bonds is 4. The zero-order valence-corrected chi connectivity index (χ0v) is 16.8. The fraction of sp³-hybridized carbons (Fsp3) is 0.700. The average molecular weight is 332 g/mol. The van der Waals surface area contributed by atoms with Crippen LogP contribution in [0.1, 0.15) is 73.8 Å². The van der Waals surface area contributed by atoms with Gasteiger partial charge in [-0.25, -0.2) is 0 Å². The van der Waals surface area contributed by atoms with Crippen LogP contribution in [0.4, 0.5) is 0 Å². The highest BCUT2D eigenvalue weighted by atomic mass is 16.7. The quantitative estimate of drug-likeness (QED) is 0.758. The van der Waals surface area contributed by atoms with Gasteiger partial charge in [0.1, 0.15) is 5.75 Å². The van der Waals surface area contributed by atoms with Gasteiger partial charge in [-0.3, -0.25) is 0 Å². The van der Waals surface area contributed by atoms with Gasteiger partial charge in [-0.1, -0.05) is 46.8 Å². The summed E-state index contributed by atoms with van der Waals surface area (Å²) in [4.78, 5) is 0. The summed E-state index contributed by atoms with van der Waals surface area (Å²) >= 11 is 0. The van der Waals surface area contributed by atoms with Crippen LogP contribution in [0.3, 0.4) is 0 Å². The van der Waals surface area contributed by atoms with Crippen LogP contribution >= 0.6 is 0 Å². The summed E-state index contributed by atoms with van der Waals surface area (Å²) in [5, 5.41) is 0. The maximum Gasteiger partial charge on any atom is 0.498 e. The molecule has 134 valence electrons. The Morgan fingerprint density at radius 1 is 1.04 bits per heavy atom. The summed E-state index contributed by atoms with van der Waals surface area (Å²) in [5.74, 6) is 1.30. The van der Waals surface area contributed by atoms with Gasteiger partial charge in [-0.05, 0) is 50.7 Å². The number of benzene rings is 1. The van der Waals surface area contributed by atoms with Gasteiger partial charge in [0.25, 0.3) is 0 Å². The van der Waals surface area contributed by atoms with Crippen molar-refractivity contribution in [3.63, 3.8) is 0 Å². The third kappa shape index (κ3) is 4.15. The second kappa shape index (κ2) is 6.38. The van der Waals surface area contributed by atoms with Gasteiger partial charge in [0, 0.05) is 5.46 Å². The lowest BCUT2D eigenvalue weighted by Gasteiger charge is -2.32. The molecule has 1 aliphatic rings. The van der Waals surface area contributed by atoms with E-state index in [2.05, 4.69) is 80.5 Å². The molecule has 0 aromatic heterocycles. The first-order valence-electron chi connectivity index (χ1n) is 8.95. The smallest absolute Gasteiger partial charge is 0.493 e. The second-order valence-corrected chi connectivity index (χ2v) is 9.39. The summed E-state index contributed by atoms with van der Waals surface area (Å²) in [5.41, 5.74) is 1.65. The Bertz CT molecular complexity index is 569. The summed E-state index contributed by atoms with van der Waals surface area (Å²) in [6.07, 6.45) is 0. The van der Waals surface area contributed by atoms with Gasteiger partial charge in [-0.15, -0.1) is 0 Å². The molecule has 1 heterocycles. The van der Waals surface area contributed by atoms with E-state index in [0.717, 1.165) is 11.2 Å². The molecule has 0 unspecified atom stereocenters. The first-order chi connectivity index (χ1) is 10.8. The molecule has 0 N–H and O–H groups in total. The third-order valence-corrected chi connectivity index (χ3v) is 4.87. The van der Waals surface area contributed by atoms with Crippen molar-refractivity contribution in [2.45, 2.75) is 79.4 Å². The zero-order valence-electron chi connectivity index (χ0n) is 16.8. The van der Waals surface area contributed by atoms with E-state index in [9.17, 15) is 0 Å². The van der Waals surface area contributed by atoms with Crippen molar-refractivity contribution in [3.8, 4) is 5.75 Å². The monoisotopic (exact) mass is 332 g/mol. The van der Waals surface area contributed by atoms with E-state index < -0.39 is 7.12 Å². The van der Waals surface area contributed by atoms with Crippen LogP contribution in [0.25, 0.3) is 0 Å². The lowest BCUT2D eigenvalue weighted by atomic mass is 9.76. The molecule has 0 saturated carbocycles. The van der Waals surface area contributed by atoms with Crippen LogP contribution in [-0.2, 0) is 9.31 Å². The largest absolute Gasteiger partial charge is 0.498 e. The molecule has 0 amide bonds. The standard InChI is InChI=1S/C20H33BO3/c1-14(2)15-10-11-17(22-13-18(3,4)5)16(12-15)21-23-19(6,7)20(8,9)24-21/h10-12,14H,13H2,1-9H3. The van der Waals surface area contributed by atoms with Gasteiger partial charge in [0.05, 0.1) is 17.8 Å². The van der Waals surface area contributed by atoms with Crippen LogP contribution < -0.4 is 10.2 Å². The van der Waals surface area contributed by atoms with Gasteiger partial charge >= 0.3 is 7.12 Å². The SMILES string of the molecule is CC(C)c1ccc(OCC(C)(C)C)c(B2OC(C)(C)C(C)(C)O2)c1. The maximum absolute atomic E-state index is 6.26. The van der Waals surface area contributed by atoms with Crippen molar-refractivity contribution in [2.75, 3.05) is 6.61 Å². The normalized spacial score (nSPS) is 19.8. The highest BCUT2D eigenvalue weighted by Crippen LogP contribution is 2.37. The lowest BCUT2D eigenvalue weighted by Crippen LogP contribution is -2.41. The van der Waals surface area contributed by atoms with E-state index in [1.165, 1.54) is 5.56 Å². The molecule has 0 radical (unpaired) electrons. The van der Waals surface area contributed by atoms with Crippen LogP contribution in [-0.4, -0.2) is 24.9 Å². The molecule has 0 bridgehead atoms. The van der Waals surface area contributed by atoms with Gasteiger partial charge in [-0.2, -0.15) is 0 Å². The Balaban J connectivity index is 2.37. The molecule has 1 aliphatic heterocycles. The van der Waals surface area contributed by atoms with Crippen molar-refractivity contribution in [3.05, 3.63) is 23.8 Å². The zero-order chi connectivity index (χ0) is 18.3. The molecule has 0 spiro atoms. The van der Waals surface area contributed by atoms with Crippen molar-refractivity contribution >= 4 is 12.6 Å². The van der Waals surface area contributed by atoms with E-state index in [0.29, 0.717) is 12.5 Å². The fourth-order valence-electron chi connectivity index (χ4n) is 2.51. The highest BCUT2D eigenvalue weighted by Gasteiger charge is 2.52. The van der Waals surface area contributed by atoms with Crippen LogP contribution in [0.15, 0.2) is 18.2 Å². The Hall–Kier alpha value is -0.995. The van der Waals surface area contributed by atoms with Crippen molar-refractivity contribution in [2.24, 2.45) is 5.41 Å². The molecular formula is C20H33BO3. The first-order valence-corrected chi connectivity index (χ1v) is 8.95. The molecule has 1 saturated heterocycles. The van der Waals surface area contributed by atoms with E-state index in [4.69, 9.17) is 14.0 Å². The number of hydrogen-bond donors (Lipinski definition) is 0. The second-order valence-electron chi connectivity index (χ2n) is 9.39. The molecule has 4 heteroatoms. The minimum atomic E-state index is -0.399. The maximum atomic E-state index is 6.26. The Morgan fingerprint density at radius 3 is 2.04 bits per heavy atom. The Labute approximate surface area is 148 Å². The minimum Gasteiger partial charge on any atom is -0.493 e. The third-order valence-electron chi connectivity index (χ3n) is 4.87. The lowest BCUT2D eigenvalue weighted by molar-refractivity contribution is 0.00578. The summed E-state index contributed by atoms with van der Waals surface area (Å²) < 4.78 is 18.6. The number of ether oxygens (including phenoxy) is 1. The first kappa shape index (κ1) is 19.3. The van der Waals surface area contributed by atoms with E-state index >= 15 is 0 Å². The molecule has 24 heavy (non-hydrogen) atoms. The molecule has 2 rings (SSSR count). The highest BCUT2D eigenvalue weighted by molar-refractivity contribution is 6.63. The molecule has 1 aromatic carbocycles. The summed E-state index contributed by atoms with van der Waals surface area (Å²) in [7, 11) is -0.399. The van der Waals surface area contributed by atoms with E-state index in [1.807, 2.05) is 0 Å². The van der Waals surface area contributed by atoms with Crippen molar-refractivity contribution in [1.82, 2.24) is 0 Å². The van der Waals surface area contributed by atoms with Crippen LogP contribution in [0, 0.1) is 5.41 Å². The van der Waals surface area contributed by atoms with Crippen LogP contribution in [0.2, 0.25) is 0 Å². The minimum absolute atomic E-state index is 0.101. The van der Waals surface area contributed by atoms with Gasteiger partial charge in [0.15, 0.2) is 0 Å². The molecule has 1 aromatic rings. The molecular weight excluding hydrogens is 299 g/mol. The van der Waals surface area contributed by atoms with Gasteiger partial charge in [0.2, 0.25) is 0 Å². The molecule has 0 aliphatic carbocycles. The molecule has 1 fully saturated rings. The summed E-state index contributed by atoms with van der Waals surface area (Å²) in [6, 6.07) is 6.36. The topological polar surface area (TPSA) is 27.7 Å². The van der Waals surface area contributed by atoms with Crippen molar-refractivity contribution in [1.29, 1.82) is 0 Å². The van der Waals surface area contributed by atoms with Gasteiger partial charge < -0.3 is 14.0 Å². The molecule has 3 nitrogen and oxygen atoms in total. The average Bonchev–Trinajstić information content (AvgIpc) is 2.64. The van der Waals surface area contributed by atoms with Crippen molar-refractivity contribution < 1.29 is 14.0 Å². The summed E-state index contributed by atoms with van der Waals surface area (Å²) in [6.45, 7) is 19.9. The van der Waals surface area contributed by atoms with Crippen LogP contribution in [0.5, 0.6) is 5.75 Å². The van der Waals surface area contributed by atoms with E-state index in [-0.39, 0.29) is 16.6 Å². The fourth-order valence-corrected chi connectivity index (χ4v) is 2.51. The Morgan fingerprint density at radius 2 is 1.58 bits per heavy atom. The number of hydrogen-bond acceptors (Lipinski definition) is 3. The molecule has 0 atom stereocenters. The predicted molar refractivity (Wildman–Crippen MR) is 101 cm³/mol. The van der Waals surface area contributed by atoms with E-state index in [1.54, 1.807) is 0 Å².